The lowest BCUT2D eigenvalue weighted by molar-refractivity contribution is -0.141. The minimum Gasteiger partial charge on any atom is -0.469 e. The van der Waals surface area contributed by atoms with E-state index in [1.54, 1.807) is 0 Å². The van der Waals surface area contributed by atoms with Crippen LogP contribution < -0.4 is 11.1 Å². The summed E-state index contributed by atoms with van der Waals surface area (Å²) < 4.78 is 5.53. The van der Waals surface area contributed by atoms with Gasteiger partial charge >= 0.3 is 5.97 Å². The molecular formula is C13H18BrClN2O3. The molecule has 1 unspecified atom stereocenters. The van der Waals surface area contributed by atoms with E-state index in [9.17, 15) is 9.59 Å². The van der Waals surface area contributed by atoms with Crippen LogP contribution in [0.3, 0.4) is 0 Å². The highest BCUT2D eigenvalue weighted by Gasteiger charge is 2.18. The number of amides is 1. The lowest BCUT2D eigenvalue weighted by Gasteiger charge is -2.18. The molecule has 112 valence electrons. The molecule has 0 heterocycles. The largest absolute Gasteiger partial charge is 0.469 e. The maximum absolute atomic E-state index is 11.6. The van der Waals surface area contributed by atoms with Gasteiger partial charge in [-0.05, 0) is 17.7 Å². The van der Waals surface area contributed by atoms with Gasteiger partial charge in [-0.25, -0.2) is 0 Å². The van der Waals surface area contributed by atoms with Gasteiger partial charge in [0.25, 0.3) is 0 Å². The molecule has 1 amide bonds. The quantitative estimate of drug-likeness (QED) is 0.755. The van der Waals surface area contributed by atoms with Gasteiger partial charge in [-0.15, -0.1) is 12.4 Å². The zero-order valence-corrected chi connectivity index (χ0v) is 13.5. The number of nitrogens with two attached hydrogens (primary N) is 1. The number of carbonyl (C=O) groups excluding carboxylic acids is 2. The van der Waals surface area contributed by atoms with E-state index in [0.717, 1.165) is 10.0 Å². The molecule has 0 saturated heterocycles. The van der Waals surface area contributed by atoms with E-state index in [-0.39, 0.29) is 43.7 Å². The predicted molar refractivity (Wildman–Crippen MR) is 82.6 cm³/mol. The molecule has 0 bridgehead atoms. The second kappa shape index (κ2) is 9.74. The first-order valence-corrected chi connectivity index (χ1v) is 6.67. The summed E-state index contributed by atoms with van der Waals surface area (Å²) in [5.41, 5.74) is 6.17. The van der Waals surface area contributed by atoms with Crippen LogP contribution in [0.15, 0.2) is 28.7 Å². The van der Waals surface area contributed by atoms with Crippen LogP contribution in [0.25, 0.3) is 0 Å². The van der Waals surface area contributed by atoms with Crippen LogP contribution in [0.4, 0.5) is 0 Å². The van der Waals surface area contributed by atoms with Gasteiger partial charge < -0.3 is 15.8 Å². The Bertz CT molecular complexity index is 457. The summed E-state index contributed by atoms with van der Waals surface area (Å²) in [6.07, 6.45) is 0.314. The highest BCUT2D eigenvalue weighted by molar-refractivity contribution is 9.10. The number of methoxy groups -OCH3 is 1. The van der Waals surface area contributed by atoms with Crippen molar-refractivity contribution in [1.29, 1.82) is 0 Å². The number of hydrogen-bond acceptors (Lipinski definition) is 4. The second-order valence-corrected chi connectivity index (χ2v) is 4.91. The van der Waals surface area contributed by atoms with Crippen molar-refractivity contribution >= 4 is 40.2 Å². The lowest BCUT2D eigenvalue weighted by atomic mass is 10.0. The molecule has 1 rings (SSSR count). The van der Waals surface area contributed by atoms with Crippen LogP contribution in [-0.2, 0) is 14.3 Å². The van der Waals surface area contributed by atoms with Gasteiger partial charge in [-0.1, -0.05) is 28.1 Å². The smallest absolute Gasteiger partial charge is 0.307 e. The average molecular weight is 366 g/mol. The van der Waals surface area contributed by atoms with Crippen molar-refractivity contribution in [2.75, 3.05) is 13.7 Å². The molecule has 0 saturated carbocycles. The molecule has 0 aliphatic heterocycles. The predicted octanol–water partition coefficient (Wildman–Crippen LogP) is 1.94. The third-order valence-electron chi connectivity index (χ3n) is 2.56. The lowest BCUT2D eigenvalue weighted by Crippen LogP contribution is -2.31. The maximum Gasteiger partial charge on any atom is 0.307 e. The second-order valence-electron chi connectivity index (χ2n) is 3.99. The fraction of sp³-hybridized carbons (Fsp3) is 0.385. The summed E-state index contributed by atoms with van der Waals surface area (Å²) >= 11 is 3.36. The molecule has 0 aliphatic carbocycles. The van der Waals surface area contributed by atoms with Crippen LogP contribution in [0.1, 0.15) is 24.4 Å². The summed E-state index contributed by atoms with van der Waals surface area (Å²) in [5.74, 6) is -0.561. The van der Waals surface area contributed by atoms with Crippen LogP contribution in [0, 0.1) is 0 Å². The Hall–Kier alpha value is -1.11. The van der Waals surface area contributed by atoms with E-state index in [2.05, 4.69) is 26.0 Å². The fourth-order valence-corrected chi connectivity index (χ4v) is 2.04. The minimum absolute atomic E-state index is 0. The maximum atomic E-state index is 11.6. The van der Waals surface area contributed by atoms with Gasteiger partial charge in [-0.3, -0.25) is 9.59 Å². The van der Waals surface area contributed by atoms with Crippen LogP contribution >= 0.6 is 28.3 Å². The molecule has 0 fully saturated rings. The van der Waals surface area contributed by atoms with Crippen molar-refractivity contribution < 1.29 is 14.3 Å². The van der Waals surface area contributed by atoms with E-state index in [0.29, 0.717) is 0 Å². The summed E-state index contributed by atoms with van der Waals surface area (Å²) in [6, 6.07) is 7.01. The standard InChI is InChI=1S/C13H17BrN2O3.ClH/c1-19-13(18)8-11(16-12(17)5-6-15)9-3-2-4-10(14)7-9;/h2-4,7,11H,5-6,8,15H2,1H3,(H,16,17);1H. The molecule has 5 nitrogen and oxygen atoms in total. The topological polar surface area (TPSA) is 81.4 Å². The van der Waals surface area contributed by atoms with Gasteiger partial charge in [0.15, 0.2) is 0 Å². The summed E-state index contributed by atoms with van der Waals surface area (Å²) in [7, 11) is 1.32. The van der Waals surface area contributed by atoms with Crippen molar-refractivity contribution in [2.45, 2.75) is 18.9 Å². The average Bonchev–Trinajstić information content (AvgIpc) is 2.38. The number of ether oxygens (including phenoxy) is 1. The first-order chi connectivity index (χ1) is 9.06. The molecule has 1 atom stereocenters. The molecule has 7 heteroatoms. The van der Waals surface area contributed by atoms with Crippen molar-refractivity contribution in [2.24, 2.45) is 5.73 Å². The number of rotatable bonds is 6. The number of nitrogens with one attached hydrogen (secondary N) is 1. The monoisotopic (exact) mass is 364 g/mol. The van der Waals surface area contributed by atoms with E-state index >= 15 is 0 Å². The van der Waals surface area contributed by atoms with E-state index in [4.69, 9.17) is 5.73 Å². The molecule has 0 aromatic heterocycles. The fourth-order valence-electron chi connectivity index (χ4n) is 1.62. The number of esters is 1. The van der Waals surface area contributed by atoms with Crippen molar-refractivity contribution in [3.05, 3.63) is 34.3 Å². The molecule has 3 N–H and O–H groups in total. The summed E-state index contributed by atoms with van der Waals surface area (Å²) in [4.78, 5) is 23.0. The Kier molecular flexibility index (Phi) is 9.20. The minimum atomic E-state index is -0.413. The molecule has 0 aliphatic rings. The molecular weight excluding hydrogens is 348 g/mol. The molecule has 1 aromatic carbocycles. The summed E-state index contributed by atoms with van der Waals surface area (Å²) in [6.45, 7) is 0.273. The highest BCUT2D eigenvalue weighted by atomic mass is 79.9. The van der Waals surface area contributed by atoms with Crippen LogP contribution in [0.5, 0.6) is 0 Å². The van der Waals surface area contributed by atoms with Crippen LogP contribution in [-0.4, -0.2) is 25.5 Å². The van der Waals surface area contributed by atoms with Gasteiger partial charge in [-0.2, -0.15) is 0 Å². The van der Waals surface area contributed by atoms with Gasteiger partial charge in [0.05, 0.1) is 19.6 Å². The van der Waals surface area contributed by atoms with Gasteiger partial charge in [0, 0.05) is 17.4 Å². The molecule has 1 aromatic rings. The Morgan fingerprint density at radius 2 is 2.15 bits per heavy atom. The highest BCUT2D eigenvalue weighted by Crippen LogP contribution is 2.21. The third kappa shape index (κ3) is 6.36. The van der Waals surface area contributed by atoms with E-state index in [1.807, 2.05) is 24.3 Å². The third-order valence-corrected chi connectivity index (χ3v) is 3.05. The number of benzene rings is 1. The van der Waals surface area contributed by atoms with Gasteiger partial charge in [0.1, 0.15) is 0 Å². The number of halogens is 2. The normalized spacial score (nSPS) is 11.2. The van der Waals surface area contributed by atoms with Crippen molar-refractivity contribution in [1.82, 2.24) is 5.32 Å². The zero-order chi connectivity index (χ0) is 14.3. The first-order valence-electron chi connectivity index (χ1n) is 5.88. The zero-order valence-electron chi connectivity index (χ0n) is 11.1. The van der Waals surface area contributed by atoms with Crippen molar-refractivity contribution in [3.63, 3.8) is 0 Å². The Balaban J connectivity index is 0.00000361. The van der Waals surface area contributed by atoms with E-state index in [1.165, 1.54) is 7.11 Å². The number of carbonyl (C=O) groups is 2. The van der Waals surface area contributed by atoms with Crippen LogP contribution in [0.2, 0.25) is 0 Å². The summed E-state index contributed by atoms with van der Waals surface area (Å²) in [5, 5.41) is 2.79. The van der Waals surface area contributed by atoms with E-state index < -0.39 is 6.04 Å². The first kappa shape index (κ1) is 18.9. The SMILES string of the molecule is COC(=O)CC(NC(=O)CCN)c1cccc(Br)c1.Cl. The molecule has 0 spiro atoms. The Labute approximate surface area is 132 Å². The van der Waals surface area contributed by atoms with Gasteiger partial charge in [0.2, 0.25) is 5.91 Å². The van der Waals surface area contributed by atoms with Crippen molar-refractivity contribution in [3.8, 4) is 0 Å². The Morgan fingerprint density at radius 1 is 1.45 bits per heavy atom. The molecule has 0 radical (unpaired) electrons. The Morgan fingerprint density at radius 3 is 2.70 bits per heavy atom. The molecule has 20 heavy (non-hydrogen) atoms. The number of hydrogen-bond donors (Lipinski definition) is 2.